The Kier molecular flexibility index (Phi) is 7.28. The van der Waals surface area contributed by atoms with Crippen LogP contribution in [0.1, 0.15) is 63.1 Å². The summed E-state index contributed by atoms with van der Waals surface area (Å²) in [6.07, 6.45) is 4.51. The molecule has 0 unspecified atom stereocenters. The van der Waals surface area contributed by atoms with Gasteiger partial charge < -0.3 is 25.2 Å². The van der Waals surface area contributed by atoms with Crippen molar-refractivity contribution in [3.63, 3.8) is 0 Å². The van der Waals surface area contributed by atoms with Gasteiger partial charge in [-0.1, -0.05) is 6.07 Å². The van der Waals surface area contributed by atoms with E-state index in [0.717, 1.165) is 24.6 Å². The van der Waals surface area contributed by atoms with Crippen molar-refractivity contribution in [3.8, 4) is 22.8 Å². The van der Waals surface area contributed by atoms with E-state index < -0.39 is 22.7 Å². The van der Waals surface area contributed by atoms with Crippen LogP contribution in [0.3, 0.4) is 0 Å². The van der Waals surface area contributed by atoms with Crippen molar-refractivity contribution in [2.75, 3.05) is 20.3 Å². The Labute approximate surface area is 256 Å². The van der Waals surface area contributed by atoms with Crippen molar-refractivity contribution in [2.24, 2.45) is 0 Å². The topological polar surface area (TPSA) is 123 Å². The van der Waals surface area contributed by atoms with Gasteiger partial charge in [-0.25, -0.2) is 9.37 Å². The number of methoxy groups -OCH3 is 1. The molecule has 1 fully saturated rings. The molecule has 3 N–H and O–H groups in total. The van der Waals surface area contributed by atoms with E-state index in [9.17, 15) is 19.1 Å². The number of hydrogen-bond donors (Lipinski definition) is 3. The summed E-state index contributed by atoms with van der Waals surface area (Å²) in [6.45, 7) is 5.29. The molecule has 1 aliphatic heterocycles. The molecule has 2 amide bonds. The number of nitrogens with one attached hydrogen (secondary N) is 2. The van der Waals surface area contributed by atoms with E-state index in [1.165, 1.54) is 19.2 Å². The molecule has 3 heterocycles. The number of benzene rings is 2. The van der Waals surface area contributed by atoms with Crippen LogP contribution in [0.2, 0.25) is 0 Å². The zero-order valence-corrected chi connectivity index (χ0v) is 25.2. The molecule has 0 radical (unpaired) electrons. The molecule has 44 heavy (non-hydrogen) atoms. The lowest BCUT2D eigenvalue weighted by Crippen LogP contribution is -2.56. The monoisotopic (exact) mass is 600 g/mol. The highest BCUT2D eigenvalue weighted by atomic mass is 19.1. The highest BCUT2D eigenvalue weighted by Crippen LogP contribution is 2.46. The van der Waals surface area contributed by atoms with Crippen molar-refractivity contribution in [1.29, 1.82) is 0 Å². The minimum absolute atomic E-state index is 0. The Morgan fingerprint density at radius 2 is 1.91 bits per heavy atom. The number of aromatic nitrogens is 2. The Morgan fingerprint density at radius 3 is 2.59 bits per heavy atom. The molecule has 2 aromatic carbocycles. The number of fused-ring (bicyclic) bond motifs is 2. The zero-order chi connectivity index (χ0) is 31.3. The average molecular weight is 601 g/mol. The zero-order valence-electron chi connectivity index (χ0n) is 25.2. The lowest BCUT2D eigenvalue weighted by molar-refractivity contribution is -0.129. The molecule has 2 aliphatic rings. The van der Waals surface area contributed by atoms with Crippen LogP contribution in [0.25, 0.3) is 22.2 Å². The molecule has 1 aliphatic carbocycles. The number of carbonyl (C=O) groups excluding carboxylic acids is 2. The van der Waals surface area contributed by atoms with Gasteiger partial charge in [0, 0.05) is 35.2 Å². The van der Waals surface area contributed by atoms with Gasteiger partial charge in [0.05, 0.1) is 19.3 Å². The van der Waals surface area contributed by atoms with E-state index in [0.29, 0.717) is 39.4 Å². The molecule has 4 aromatic rings. The van der Waals surface area contributed by atoms with E-state index in [1.807, 2.05) is 19.9 Å². The van der Waals surface area contributed by atoms with Gasteiger partial charge >= 0.3 is 0 Å². The SMILES string of the molecule is COc1cc(C(=O)NC[C@](C)(O)c2cc3c(c(-c4ccc(F)cc4)n2)OC[C@]3(C)C(=O)NC2(C)CCC2)cc2cccnc12.[HH]. The normalized spacial score (nSPS) is 19.7. The predicted molar refractivity (Wildman–Crippen MR) is 165 cm³/mol. The van der Waals surface area contributed by atoms with Gasteiger partial charge in [0.1, 0.15) is 46.1 Å². The van der Waals surface area contributed by atoms with Crippen molar-refractivity contribution < 1.29 is 30.0 Å². The quantitative estimate of drug-likeness (QED) is 0.259. The molecule has 0 saturated heterocycles. The smallest absolute Gasteiger partial charge is 0.251 e. The fourth-order valence-corrected chi connectivity index (χ4v) is 5.79. The number of carbonyl (C=O) groups is 2. The standard InChI is InChI=1S/C34H35FN4O5.H2/c1-32(12-6-13-32)39-31(41)33(2)19-44-29-24(33)17-26(38-28(29)20-8-10-23(35)11-9-20)34(3,42)18-37-30(40)22-15-21-7-5-14-36-27(21)25(16-22)43-4;/h5,7-11,14-17,42H,6,12-13,18-19H2,1-4H3,(H,37,40)(H,39,41);1H/t33-,34-;/m0./s1. The highest BCUT2D eigenvalue weighted by molar-refractivity contribution is 6.00. The molecule has 10 heteroatoms. The van der Waals surface area contributed by atoms with Crippen LogP contribution >= 0.6 is 0 Å². The Balaban J connectivity index is 0.00000400. The maximum atomic E-state index is 13.8. The Morgan fingerprint density at radius 1 is 1.16 bits per heavy atom. The lowest BCUT2D eigenvalue weighted by Gasteiger charge is -2.41. The molecule has 2 aromatic heterocycles. The number of rotatable bonds is 8. The third-order valence-corrected chi connectivity index (χ3v) is 8.86. The van der Waals surface area contributed by atoms with E-state index in [2.05, 4.69) is 15.6 Å². The number of aliphatic hydroxyl groups is 1. The van der Waals surface area contributed by atoms with Crippen LogP contribution in [0.15, 0.2) is 60.8 Å². The van der Waals surface area contributed by atoms with Gasteiger partial charge in [-0.3, -0.25) is 14.6 Å². The molecular formula is C34H37FN4O5. The second-order valence-corrected chi connectivity index (χ2v) is 12.4. The van der Waals surface area contributed by atoms with Crippen LogP contribution in [0, 0.1) is 5.82 Å². The number of ether oxygens (including phenoxy) is 2. The predicted octanol–water partition coefficient (Wildman–Crippen LogP) is 5.04. The fraction of sp³-hybridized carbons (Fsp3) is 0.353. The summed E-state index contributed by atoms with van der Waals surface area (Å²) in [5.41, 5.74) is -0.258. The number of halogens is 1. The average Bonchev–Trinajstić information content (AvgIpc) is 3.36. The van der Waals surface area contributed by atoms with Crippen LogP contribution in [0.5, 0.6) is 11.5 Å². The summed E-state index contributed by atoms with van der Waals surface area (Å²) in [4.78, 5) is 36.1. The molecule has 0 spiro atoms. The fourth-order valence-electron chi connectivity index (χ4n) is 5.79. The molecule has 2 atom stereocenters. The first kappa shape index (κ1) is 29.5. The summed E-state index contributed by atoms with van der Waals surface area (Å²) < 4.78 is 25.4. The first-order valence-electron chi connectivity index (χ1n) is 14.6. The van der Waals surface area contributed by atoms with Crippen LogP contribution in [-0.4, -0.2) is 52.7 Å². The van der Waals surface area contributed by atoms with Crippen LogP contribution in [0.4, 0.5) is 4.39 Å². The maximum Gasteiger partial charge on any atom is 0.251 e. The van der Waals surface area contributed by atoms with Gasteiger partial charge in [-0.2, -0.15) is 0 Å². The molecule has 6 rings (SSSR count). The number of hydrogen-bond acceptors (Lipinski definition) is 7. The first-order valence-corrected chi connectivity index (χ1v) is 14.6. The molecule has 0 bridgehead atoms. The number of amides is 2. The molecular weight excluding hydrogens is 563 g/mol. The number of pyridine rings is 2. The van der Waals surface area contributed by atoms with E-state index in [-0.39, 0.29) is 31.7 Å². The van der Waals surface area contributed by atoms with E-state index in [4.69, 9.17) is 14.5 Å². The second kappa shape index (κ2) is 10.9. The third-order valence-electron chi connectivity index (χ3n) is 8.86. The van der Waals surface area contributed by atoms with Gasteiger partial charge in [-0.05, 0) is 88.6 Å². The van der Waals surface area contributed by atoms with Gasteiger partial charge in [0.15, 0.2) is 0 Å². The summed E-state index contributed by atoms with van der Waals surface area (Å²) in [5.74, 6) is -0.133. The largest absolute Gasteiger partial charge is 0.494 e. The van der Waals surface area contributed by atoms with Gasteiger partial charge in [-0.15, -0.1) is 0 Å². The Bertz CT molecular complexity index is 1780. The van der Waals surface area contributed by atoms with E-state index in [1.54, 1.807) is 49.5 Å². The Hall–Kier alpha value is -4.57. The number of nitrogens with zero attached hydrogens (tertiary/aromatic N) is 2. The van der Waals surface area contributed by atoms with Crippen LogP contribution < -0.4 is 20.1 Å². The second-order valence-electron chi connectivity index (χ2n) is 12.4. The summed E-state index contributed by atoms with van der Waals surface area (Å²) >= 11 is 0. The molecule has 230 valence electrons. The van der Waals surface area contributed by atoms with Gasteiger partial charge in [0.2, 0.25) is 5.91 Å². The van der Waals surface area contributed by atoms with E-state index >= 15 is 0 Å². The minimum Gasteiger partial charge on any atom is -0.494 e. The van der Waals surface area contributed by atoms with Crippen LogP contribution in [-0.2, 0) is 15.8 Å². The van der Waals surface area contributed by atoms with Crippen molar-refractivity contribution >= 4 is 22.7 Å². The molecule has 9 nitrogen and oxygen atoms in total. The minimum atomic E-state index is -1.65. The maximum absolute atomic E-state index is 13.8. The highest BCUT2D eigenvalue weighted by Gasteiger charge is 2.48. The molecule has 1 saturated carbocycles. The summed E-state index contributed by atoms with van der Waals surface area (Å²) in [5, 5.41) is 18.5. The summed E-state index contributed by atoms with van der Waals surface area (Å²) in [7, 11) is 1.51. The summed E-state index contributed by atoms with van der Waals surface area (Å²) in [6, 6.07) is 14.4. The van der Waals surface area contributed by atoms with Crippen molar-refractivity contribution in [2.45, 2.75) is 56.6 Å². The first-order chi connectivity index (χ1) is 20.9. The van der Waals surface area contributed by atoms with Crippen molar-refractivity contribution in [1.82, 2.24) is 20.6 Å². The lowest BCUT2D eigenvalue weighted by atomic mass is 9.76. The van der Waals surface area contributed by atoms with Gasteiger partial charge in [0.25, 0.3) is 5.91 Å². The third kappa shape index (κ3) is 5.23. The van der Waals surface area contributed by atoms with Crippen molar-refractivity contribution in [3.05, 3.63) is 83.4 Å².